The van der Waals surface area contributed by atoms with E-state index in [-0.39, 0.29) is 18.0 Å². The van der Waals surface area contributed by atoms with Crippen molar-refractivity contribution in [3.63, 3.8) is 0 Å². The first-order valence-electron chi connectivity index (χ1n) is 10.7. The molecular formula is C24H27FN4O3. The van der Waals surface area contributed by atoms with Crippen LogP contribution in [-0.2, 0) is 17.9 Å². The van der Waals surface area contributed by atoms with Gasteiger partial charge in [-0.15, -0.1) is 0 Å². The van der Waals surface area contributed by atoms with Crippen LogP contribution >= 0.6 is 0 Å². The number of pyridine rings is 1. The number of allylic oxidation sites excluding steroid dienone is 1. The molecule has 1 aliphatic carbocycles. The highest BCUT2D eigenvalue weighted by Crippen LogP contribution is 2.28. The Bertz CT molecular complexity index is 1060. The Morgan fingerprint density at radius 3 is 2.62 bits per heavy atom. The zero-order valence-electron chi connectivity index (χ0n) is 18.2. The molecule has 2 aliphatic rings. The molecule has 3 amide bonds. The van der Waals surface area contributed by atoms with Gasteiger partial charge in [-0.2, -0.15) is 0 Å². The van der Waals surface area contributed by atoms with Crippen LogP contribution in [0.2, 0.25) is 0 Å². The fraction of sp³-hybridized carbons (Fsp3) is 0.375. The number of nitrogens with one attached hydrogen (secondary N) is 2. The molecule has 0 bridgehead atoms. The van der Waals surface area contributed by atoms with Crippen LogP contribution in [0.5, 0.6) is 0 Å². The molecule has 7 nitrogen and oxygen atoms in total. The van der Waals surface area contributed by atoms with E-state index in [1.807, 2.05) is 24.3 Å². The van der Waals surface area contributed by atoms with Gasteiger partial charge in [-0.25, -0.2) is 9.18 Å². The van der Waals surface area contributed by atoms with Gasteiger partial charge in [0, 0.05) is 18.3 Å². The van der Waals surface area contributed by atoms with Gasteiger partial charge in [0.25, 0.3) is 5.91 Å². The predicted molar refractivity (Wildman–Crippen MR) is 119 cm³/mol. The summed E-state index contributed by atoms with van der Waals surface area (Å²) < 4.78 is 13.3. The van der Waals surface area contributed by atoms with Crippen LogP contribution in [-0.4, -0.2) is 38.6 Å². The largest absolute Gasteiger partial charge is 0.381 e. The van der Waals surface area contributed by atoms with Gasteiger partial charge in [-0.05, 0) is 68.0 Å². The summed E-state index contributed by atoms with van der Waals surface area (Å²) in [6, 6.07) is 8.83. The lowest BCUT2D eigenvalue weighted by atomic mass is 9.90. The minimum atomic E-state index is -1.38. The summed E-state index contributed by atoms with van der Waals surface area (Å²) in [5.74, 6) is -0.758. The maximum Gasteiger partial charge on any atom is 0.322 e. The number of nitrogens with zero attached hydrogens (tertiary/aromatic N) is 2. The van der Waals surface area contributed by atoms with Gasteiger partial charge < -0.3 is 20.6 Å². The van der Waals surface area contributed by atoms with E-state index in [1.165, 1.54) is 31.7 Å². The van der Waals surface area contributed by atoms with Crippen molar-refractivity contribution >= 4 is 23.2 Å². The molecular weight excluding hydrogens is 411 g/mol. The lowest BCUT2D eigenvalue weighted by molar-refractivity contribution is -0.137. The molecule has 1 aliphatic heterocycles. The van der Waals surface area contributed by atoms with Crippen LogP contribution in [0.25, 0.3) is 5.57 Å². The van der Waals surface area contributed by atoms with E-state index in [4.69, 9.17) is 0 Å². The third kappa shape index (κ3) is 4.96. The lowest BCUT2D eigenvalue weighted by Gasteiger charge is -2.26. The van der Waals surface area contributed by atoms with Gasteiger partial charge in [0.15, 0.2) is 0 Å². The lowest BCUT2D eigenvalue weighted by Crippen LogP contribution is -2.47. The van der Waals surface area contributed by atoms with Crippen LogP contribution < -0.4 is 10.6 Å². The first kappa shape index (κ1) is 22.0. The molecule has 1 unspecified atom stereocenters. The molecule has 0 radical (unpaired) electrons. The van der Waals surface area contributed by atoms with E-state index in [0.29, 0.717) is 25.2 Å². The molecule has 0 spiro atoms. The van der Waals surface area contributed by atoms with E-state index >= 15 is 0 Å². The highest BCUT2D eigenvalue weighted by atomic mass is 19.1. The molecule has 2 aromatic rings. The van der Waals surface area contributed by atoms with Crippen molar-refractivity contribution in [1.82, 2.24) is 15.2 Å². The number of anilines is 1. The number of amides is 3. The minimum absolute atomic E-state index is 0.0174. The highest BCUT2D eigenvalue weighted by molar-refractivity contribution is 5.90. The standard InChI is InChI=1S/C24H27FN4O3/c1-24(2,32)22(30)27-19-7-3-15(4-8-19)16-5-9-20(10-6-16)28-23(31)29-13-17-11-18(25)12-26-21(17)14-29/h3,5-6,9-12,19,32H,4,7-8,13-14H2,1-2H3,(H,27,30)(H,28,31). The summed E-state index contributed by atoms with van der Waals surface area (Å²) in [4.78, 5) is 30.2. The average molecular weight is 439 g/mol. The Balaban J connectivity index is 1.32. The molecule has 8 heteroatoms. The molecule has 0 fully saturated rings. The second kappa shape index (κ2) is 8.70. The maximum atomic E-state index is 13.3. The molecule has 3 N–H and O–H groups in total. The summed E-state index contributed by atoms with van der Waals surface area (Å²) in [5.41, 5.74) is 3.02. The van der Waals surface area contributed by atoms with Crippen molar-refractivity contribution in [2.75, 3.05) is 5.32 Å². The van der Waals surface area contributed by atoms with Gasteiger partial charge in [0.2, 0.25) is 0 Å². The number of halogens is 1. The Morgan fingerprint density at radius 2 is 1.97 bits per heavy atom. The van der Waals surface area contributed by atoms with Crippen molar-refractivity contribution in [2.45, 2.75) is 57.8 Å². The van der Waals surface area contributed by atoms with E-state index < -0.39 is 11.4 Å². The van der Waals surface area contributed by atoms with Crippen molar-refractivity contribution in [3.8, 4) is 0 Å². The Kier molecular flexibility index (Phi) is 5.97. The van der Waals surface area contributed by atoms with Crippen molar-refractivity contribution in [1.29, 1.82) is 0 Å². The zero-order valence-corrected chi connectivity index (χ0v) is 18.2. The number of carbonyl (C=O) groups excluding carboxylic acids is 2. The van der Waals surface area contributed by atoms with Crippen LogP contribution in [0, 0.1) is 5.82 Å². The van der Waals surface area contributed by atoms with E-state index in [9.17, 15) is 19.1 Å². The molecule has 0 saturated heterocycles. The van der Waals surface area contributed by atoms with Crippen LogP contribution in [0.4, 0.5) is 14.9 Å². The molecule has 32 heavy (non-hydrogen) atoms. The zero-order chi connectivity index (χ0) is 22.9. The number of carbonyl (C=O) groups is 2. The summed E-state index contributed by atoms with van der Waals surface area (Å²) in [6.07, 6.45) is 5.61. The summed E-state index contributed by atoms with van der Waals surface area (Å²) in [7, 11) is 0. The third-order valence-electron chi connectivity index (χ3n) is 5.82. The molecule has 1 aromatic heterocycles. The monoisotopic (exact) mass is 438 g/mol. The molecule has 168 valence electrons. The van der Waals surface area contributed by atoms with E-state index in [2.05, 4.69) is 21.7 Å². The van der Waals surface area contributed by atoms with E-state index in [0.717, 1.165) is 29.7 Å². The van der Waals surface area contributed by atoms with Crippen molar-refractivity contribution in [3.05, 3.63) is 65.2 Å². The summed E-state index contributed by atoms with van der Waals surface area (Å²) in [5, 5.41) is 15.6. The Labute approximate surface area is 186 Å². The molecule has 0 saturated carbocycles. The number of benzene rings is 1. The number of aliphatic hydroxyl groups is 1. The maximum absolute atomic E-state index is 13.3. The van der Waals surface area contributed by atoms with Gasteiger partial charge in [0.05, 0.1) is 18.4 Å². The smallest absolute Gasteiger partial charge is 0.322 e. The summed E-state index contributed by atoms with van der Waals surface area (Å²) >= 11 is 0. The van der Waals surface area contributed by atoms with Crippen LogP contribution in [0.3, 0.4) is 0 Å². The Morgan fingerprint density at radius 1 is 1.22 bits per heavy atom. The predicted octanol–water partition coefficient (Wildman–Crippen LogP) is 3.59. The van der Waals surface area contributed by atoms with Crippen molar-refractivity contribution in [2.24, 2.45) is 0 Å². The van der Waals surface area contributed by atoms with Gasteiger partial charge in [0.1, 0.15) is 11.4 Å². The number of fused-ring (bicyclic) bond motifs is 1. The number of hydrogen-bond acceptors (Lipinski definition) is 4. The summed E-state index contributed by atoms with van der Waals surface area (Å²) in [6.45, 7) is 3.65. The van der Waals surface area contributed by atoms with Crippen molar-refractivity contribution < 1.29 is 19.1 Å². The molecule has 1 atom stereocenters. The molecule has 1 aromatic carbocycles. The second-order valence-electron chi connectivity index (χ2n) is 8.86. The fourth-order valence-electron chi connectivity index (χ4n) is 3.93. The van der Waals surface area contributed by atoms with Gasteiger partial charge in [-0.3, -0.25) is 9.78 Å². The number of aromatic nitrogens is 1. The normalized spacial score (nSPS) is 18.1. The Hall–Kier alpha value is -3.26. The van der Waals surface area contributed by atoms with Gasteiger partial charge in [-0.1, -0.05) is 18.2 Å². The molecule has 2 heterocycles. The average Bonchev–Trinajstić information content (AvgIpc) is 3.17. The number of rotatable bonds is 4. The first-order valence-corrected chi connectivity index (χ1v) is 10.7. The van der Waals surface area contributed by atoms with Gasteiger partial charge >= 0.3 is 6.03 Å². The molecule has 4 rings (SSSR count). The fourth-order valence-corrected chi connectivity index (χ4v) is 3.93. The topological polar surface area (TPSA) is 94.6 Å². The highest BCUT2D eigenvalue weighted by Gasteiger charge is 2.27. The SMILES string of the molecule is CC(C)(O)C(=O)NC1CC=C(c2ccc(NC(=O)N3Cc4cc(F)cnc4C3)cc2)CC1. The van der Waals surface area contributed by atoms with Crippen LogP contribution in [0.15, 0.2) is 42.6 Å². The minimum Gasteiger partial charge on any atom is -0.381 e. The van der Waals surface area contributed by atoms with Crippen LogP contribution in [0.1, 0.15) is 49.9 Å². The quantitative estimate of drug-likeness (QED) is 0.680. The number of urea groups is 1. The third-order valence-corrected chi connectivity index (χ3v) is 5.82. The van der Waals surface area contributed by atoms with E-state index in [1.54, 1.807) is 4.90 Å². The second-order valence-corrected chi connectivity index (χ2v) is 8.86. The first-order chi connectivity index (χ1) is 15.2. The number of hydrogen-bond donors (Lipinski definition) is 3.